The van der Waals surface area contributed by atoms with Crippen LogP contribution >= 0.6 is 11.6 Å². The highest BCUT2D eigenvalue weighted by Crippen LogP contribution is 2.18. The van der Waals surface area contributed by atoms with E-state index in [1.54, 1.807) is 6.20 Å². The normalized spacial score (nSPS) is 17.1. The molecule has 0 aromatic carbocycles. The van der Waals surface area contributed by atoms with Crippen LogP contribution in [0.1, 0.15) is 0 Å². The minimum Gasteiger partial charge on any atom is -0.377 e. The third-order valence-electron chi connectivity index (χ3n) is 1.90. The first-order valence-corrected chi connectivity index (χ1v) is 4.32. The summed E-state index contributed by atoms with van der Waals surface area (Å²) in [4.78, 5) is 3.97. The van der Waals surface area contributed by atoms with Crippen LogP contribution in [-0.4, -0.2) is 24.1 Å². The van der Waals surface area contributed by atoms with E-state index in [9.17, 15) is 0 Å². The Hall–Kier alpha value is -0.800. The summed E-state index contributed by atoms with van der Waals surface area (Å²) in [6.45, 7) is 2.01. The molecule has 2 heterocycles. The van der Waals surface area contributed by atoms with Crippen molar-refractivity contribution in [3.05, 3.63) is 23.5 Å². The second-order valence-electron chi connectivity index (χ2n) is 2.84. The number of hydrogen-bond donors (Lipinski definition) is 2. The van der Waals surface area contributed by atoms with Crippen LogP contribution in [0.2, 0.25) is 5.15 Å². The van der Waals surface area contributed by atoms with Crippen molar-refractivity contribution >= 4 is 17.3 Å². The second-order valence-corrected chi connectivity index (χ2v) is 3.20. The Morgan fingerprint density at radius 2 is 2.42 bits per heavy atom. The fraction of sp³-hybridized carbons (Fsp3) is 0.375. The van der Waals surface area contributed by atoms with Gasteiger partial charge in [0.05, 0.1) is 11.7 Å². The number of aromatic nitrogens is 1. The molecule has 1 aromatic heterocycles. The molecule has 1 saturated heterocycles. The van der Waals surface area contributed by atoms with Gasteiger partial charge in [0.25, 0.3) is 0 Å². The zero-order valence-corrected chi connectivity index (χ0v) is 7.30. The van der Waals surface area contributed by atoms with Gasteiger partial charge in [0.2, 0.25) is 0 Å². The molecule has 1 fully saturated rings. The lowest BCUT2D eigenvalue weighted by atomic mass is 10.2. The second kappa shape index (κ2) is 3.29. The molecule has 2 N–H and O–H groups in total. The molecule has 1 aliphatic rings. The van der Waals surface area contributed by atoms with Crippen LogP contribution < -0.4 is 10.6 Å². The van der Waals surface area contributed by atoms with Gasteiger partial charge in [-0.25, -0.2) is 4.98 Å². The Balaban J connectivity index is 2.06. The first-order chi connectivity index (χ1) is 5.86. The van der Waals surface area contributed by atoms with Gasteiger partial charge in [0.1, 0.15) is 0 Å². The number of nitrogens with one attached hydrogen (secondary N) is 2. The Kier molecular flexibility index (Phi) is 2.15. The molecule has 0 spiro atoms. The number of halogens is 1. The lowest BCUT2D eigenvalue weighted by Crippen LogP contribution is -2.51. The number of rotatable bonds is 2. The Morgan fingerprint density at radius 1 is 1.58 bits per heavy atom. The maximum atomic E-state index is 5.86. The van der Waals surface area contributed by atoms with Crippen molar-refractivity contribution in [2.45, 2.75) is 6.04 Å². The minimum atomic E-state index is 0.506. The van der Waals surface area contributed by atoms with Gasteiger partial charge in [-0.1, -0.05) is 11.6 Å². The highest BCUT2D eigenvalue weighted by atomic mass is 35.5. The molecular weight excluding hydrogens is 174 g/mol. The van der Waals surface area contributed by atoms with Crippen LogP contribution in [0.4, 0.5) is 5.69 Å². The Bertz CT molecular complexity index is 273. The molecule has 12 heavy (non-hydrogen) atoms. The summed E-state index contributed by atoms with van der Waals surface area (Å²) < 4.78 is 0. The van der Waals surface area contributed by atoms with Crippen molar-refractivity contribution in [2.75, 3.05) is 18.4 Å². The van der Waals surface area contributed by atoms with Crippen LogP contribution in [0.15, 0.2) is 18.3 Å². The predicted octanol–water partition coefficient (Wildman–Crippen LogP) is 1.12. The summed E-state index contributed by atoms with van der Waals surface area (Å²) in [5, 5.41) is 7.01. The molecule has 4 heteroatoms. The molecule has 0 radical (unpaired) electrons. The van der Waals surface area contributed by atoms with Crippen LogP contribution in [0, 0.1) is 0 Å². The molecule has 3 nitrogen and oxygen atoms in total. The van der Waals surface area contributed by atoms with Gasteiger partial charge in [-0.3, -0.25) is 0 Å². The summed E-state index contributed by atoms with van der Waals surface area (Å²) in [7, 11) is 0. The van der Waals surface area contributed by atoms with E-state index in [2.05, 4.69) is 15.6 Å². The van der Waals surface area contributed by atoms with E-state index in [0.717, 1.165) is 18.8 Å². The average molecular weight is 184 g/mol. The van der Waals surface area contributed by atoms with E-state index >= 15 is 0 Å². The minimum absolute atomic E-state index is 0.506. The summed E-state index contributed by atoms with van der Waals surface area (Å²) >= 11 is 5.86. The van der Waals surface area contributed by atoms with Crippen LogP contribution in [0.3, 0.4) is 0 Å². The highest BCUT2D eigenvalue weighted by Gasteiger charge is 2.16. The molecule has 0 aliphatic carbocycles. The molecule has 0 atom stereocenters. The first kappa shape index (κ1) is 7.83. The van der Waals surface area contributed by atoms with Gasteiger partial charge in [0, 0.05) is 19.3 Å². The molecule has 1 aliphatic heterocycles. The van der Waals surface area contributed by atoms with E-state index in [0.29, 0.717) is 11.2 Å². The zero-order valence-electron chi connectivity index (χ0n) is 6.55. The standard InChI is InChI=1S/C8H10ClN3/c9-8-7(2-1-3-11-8)12-6-4-10-5-6/h1-3,6,10,12H,4-5H2. The van der Waals surface area contributed by atoms with Crippen molar-refractivity contribution in [3.8, 4) is 0 Å². The lowest BCUT2D eigenvalue weighted by Gasteiger charge is -2.29. The van der Waals surface area contributed by atoms with Crippen LogP contribution in [-0.2, 0) is 0 Å². The SMILES string of the molecule is Clc1ncccc1NC1CNC1. The van der Waals surface area contributed by atoms with Gasteiger partial charge >= 0.3 is 0 Å². The van der Waals surface area contributed by atoms with E-state index in [1.165, 1.54) is 0 Å². The highest BCUT2D eigenvalue weighted by molar-refractivity contribution is 6.31. The largest absolute Gasteiger partial charge is 0.377 e. The van der Waals surface area contributed by atoms with Crippen LogP contribution in [0.5, 0.6) is 0 Å². The molecule has 0 saturated carbocycles. The number of nitrogens with zero attached hydrogens (tertiary/aromatic N) is 1. The summed E-state index contributed by atoms with van der Waals surface area (Å²) in [5.74, 6) is 0. The monoisotopic (exact) mass is 183 g/mol. The van der Waals surface area contributed by atoms with Gasteiger partial charge < -0.3 is 10.6 Å². The smallest absolute Gasteiger partial charge is 0.152 e. The van der Waals surface area contributed by atoms with Crippen molar-refractivity contribution in [1.29, 1.82) is 0 Å². The lowest BCUT2D eigenvalue weighted by molar-refractivity contribution is 0.472. The number of pyridine rings is 1. The fourth-order valence-corrected chi connectivity index (χ4v) is 1.28. The zero-order chi connectivity index (χ0) is 8.39. The van der Waals surface area contributed by atoms with Crippen molar-refractivity contribution < 1.29 is 0 Å². The molecule has 1 aromatic rings. The average Bonchev–Trinajstić information content (AvgIpc) is 2.00. The van der Waals surface area contributed by atoms with Gasteiger partial charge in [0.15, 0.2) is 5.15 Å². The third kappa shape index (κ3) is 1.52. The Morgan fingerprint density at radius 3 is 3.00 bits per heavy atom. The number of anilines is 1. The van der Waals surface area contributed by atoms with Gasteiger partial charge in [-0.15, -0.1) is 0 Å². The van der Waals surface area contributed by atoms with Crippen molar-refractivity contribution in [2.24, 2.45) is 0 Å². The molecule has 0 amide bonds. The fourth-order valence-electron chi connectivity index (χ4n) is 1.10. The molecule has 64 valence electrons. The maximum Gasteiger partial charge on any atom is 0.152 e. The predicted molar refractivity (Wildman–Crippen MR) is 49.5 cm³/mol. The Labute approximate surface area is 76.1 Å². The third-order valence-corrected chi connectivity index (χ3v) is 2.20. The van der Waals surface area contributed by atoms with Crippen molar-refractivity contribution in [3.63, 3.8) is 0 Å². The summed E-state index contributed by atoms with van der Waals surface area (Å²) in [5.41, 5.74) is 0.922. The summed E-state index contributed by atoms with van der Waals surface area (Å²) in [6.07, 6.45) is 1.69. The molecule has 0 bridgehead atoms. The van der Waals surface area contributed by atoms with Gasteiger partial charge in [-0.05, 0) is 12.1 Å². The summed E-state index contributed by atoms with van der Waals surface area (Å²) in [6, 6.07) is 4.32. The quantitative estimate of drug-likeness (QED) is 0.675. The first-order valence-electron chi connectivity index (χ1n) is 3.94. The van der Waals surface area contributed by atoms with Gasteiger partial charge in [-0.2, -0.15) is 0 Å². The van der Waals surface area contributed by atoms with E-state index < -0.39 is 0 Å². The van der Waals surface area contributed by atoms with E-state index in [4.69, 9.17) is 11.6 Å². The maximum absolute atomic E-state index is 5.86. The van der Waals surface area contributed by atoms with Crippen LogP contribution in [0.25, 0.3) is 0 Å². The van der Waals surface area contributed by atoms with E-state index in [-0.39, 0.29) is 0 Å². The van der Waals surface area contributed by atoms with E-state index in [1.807, 2.05) is 12.1 Å². The molecule has 0 unspecified atom stereocenters. The number of hydrogen-bond acceptors (Lipinski definition) is 3. The topological polar surface area (TPSA) is 37.0 Å². The molecular formula is C8H10ClN3. The van der Waals surface area contributed by atoms with Crippen molar-refractivity contribution in [1.82, 2.24) is 10.3 Å². The molecule has 2 rings (SSSR count).